The molecule has 0 fully saturated rings. The zero-order chi connectivity index (χ0) is 30.0. The highest BCUT2D eigenvalue weighted by Gasteiger charge is 2.51. The monoisotopic (exact) mass is 596 g/mol. The van der Waals surface area contributed by atoms with Crippen LogP contribution in [-0.4, -0.2) is 66.4 Å². The smallest absolute Gasteiger partial charge is 0.427 e. The summed E-state index contributed by atoms with van der Waals surface area (Å²) in [6.07, 6.45) is -6.94. The van der Waals surface area contributed by atoms with Crippen LogP contribution in [0.5, 0.6) is 11.6 Å². The van der Waals surface area contributed by atoms with E-state index in [9.17, 15) is 31.2 Å². The molecule has 1 amide bonds. The van der Waals surface area contributed by atoms with Crippen molar-refractivity contribution in [3.8, 4) is 11.6 Å². The number of alkyl halides is 3. The number of carbonyl (C=O) groups is 2. The number of aryl methyl sites for hydroxylation is 1. The van der Waals surface area contributed by atoms with Gasteiger partial charge in [0, 0.05) is 30.9 Å². The molecule has 2 N–H and O–H groups in total. The SMILES string of the molecule is CCOc1nn(CC)cc1S(=O)(=O)N1CC(CCC(=O)O)Oc2c(F)cc(NC(=O)OC(C)(C)C(F)(F)F)cc21. The molecule has 1 atom stereocenters. The van der Waals surface area contributed by atoms with Gasteiger partial charge in [-0.3, -0.25) is 19.1 Å². The highest BCUT2D eigenvalue weighted by molar-refractivity contribution is 7.93. The van der Waals surface area contributed by atoms with Gasteiger partial charge < -0.3 is 19.3 Å². The third-order valence-electron chi connectivity index (χ3n) is 5.77. The van der Waals surface area contributed by atoms with Crippen molar-refractivity contribution in [1.82, 2.24) is 9.78 Å². The third kappa shape index (κ3) is 6.51. The Morgan fingerprint density at radius 1 is 1.25 bits per heavy atom. The molecule has 3 rings (SSSR count). The minimum atomic E-state index is -4.91. The van der Waals surface area contributed by atoms with Gasteiger partial charge in [0.15, 0.2) is 16.5 Å². The Hall–Kier alpha value is -3.76. The zero-order valence-corrected chi connectivity index (χ0v) is 22.7. The Labute approximate surface area is 226 Å². The van der Waals surface area contributed by atoms with Crippen molar-refractivity contribution in [1.29, 1.82) is 0 Å². The molecular weight excluding hydrogens is 568 g/mol. The summed E-state index contributed by atoms with van der Waals surface area (Å²) in [4.78, 5) is 22.9. The van der Waals surface area contributed by atoms with Gasteiger partial charge in [-0.05, 0) is 40.2 Å². The van der Waals surface area contributed by atoms with Crippen molar-refractivity contribution in [3.63, 3.8) is 0 Å². The third-order valence-corrected chi connectivity index (χ3v) is 7.54. The fourth-order valence-corrected chi connectivity index (χ4v) is 5.19. The number of aliphatic carboxylic acids is 1. The minimum absolute atomic E-state index is 0.0727. The predicted octanol–water partition coefficient (Wildman–Crippen LogP) is 4.15. The second kappa shape index (κ2) is 11.4. The molecule has 1 unspecified atom stereocenters. The van der Waals surface area contributed by atoms with Crippen molar-refractivity contribution in [2.45, 2.75) is 69.9 Å². The standard InChI is InChI=1S/C23H28F4N4O8S/c1-5-30-12-17(20(29-30)37-6-2)40(35,36)31-11-14(7-8-18(32)33)38-19-15(24)9-13(10-16(19)31)28-21(34)39-22(3,4)23(25,26)27/h9-10,12,14H,5-8,11H2,1-4H3,(H,28,34)(H,32,33). The number of carboxylic acids is 1. The second-order valence-corrected chi connectivity index (χ2v) is 11.0. The van der Waals surface area contributed by atoms with Gasteiger partial charge in [-0.25, -0.2) is 17.6 Å². The van der Waals surface area contributed by atoms with Crippen LogP contribution in [0.1, 0.15) is 40.5 Å². The zero-order valence-electron chi connectivity index (χ0n) is 21.9. The van der Waals surface area contributed by atoms with Crippen molar-refractivity contribution in [2.24, 2.45) is 0 Å². The molecule has 1 aromatic heterocycles. The summed E-state index contributed by atoms with van der Waals surface area (Å²) in [6, 6.07) is 1.68. The molecule has 17 heteroatoms. The molecular formula is C23H28F4N4O8S. The van der Waals surface area contributed by atoms with E-state index < -0.39 is 75.9 Å². The van der Waals surface area contributed by atoms with Gasteiger partial charge in [-0.1, -0.05) is 0 Å². The van der Waals surface area contributed by atoms with Crippen LogP contribution in [-0.2, 0) is 26.1 Å². The van der Waals surface area contributed by atoms with E-state index in [0.29, 0.717) is 19.9 Å². The molecule has 2 heterocycles. The maximum atomic E-state index is 15.2. The van der Waals surface area contributed by atoms with Crippen molar-refractivity contribution < 1.29 is 54.9 Å². The molecule has 0 aliphatic carbocycles. The van der Waals surface area contributed by atoms with Gasteiger partial charge in [0.25, 0.3) is 15.9 Å². The molecule has 222 valence electrons. The Balaban J connectivity index is 2.07. The summed E-state index contributed by atoms with van der Waals surface area (Å²) in [5.74, 6) is -3.16. The lowest BCUT2D eigenvalue weighted by atomic mass is 10.1. The molecule has 2 aromatic rings. The molecule has 0 saturated carbocycles. The second-order valence-electron chi connectivity index (χ2n) is 9.12. The predicted molar refractivity (Wildman–Crippen MR) is 132 cm³/mol. The number of fused-ring (bicyclic) bond motifs is 1. The summed E-state index contributed by atoms with van der Waals surface area (Å²) in [7, 11) is -4.56. The number of hydrogen-bond acceptors (Lipinski definition) is 8. The van der Waals surface area contributed by atoms with Crippen molar-refractivity contribution in [3.05, 3.63) is 24.1 Å². The van der Waals surface area contributed by atoms with Crippen LogP contribution < -0.4 is 19.1 Å². The molecule has 12 nitrogen and oxygen atoms in total. The lowest BCUT2D eigenvalue weighted by molar-refractivity contribution is -0.242. The van der Waals surface area contributed by atoms with Crippen LogP contribution >= 0.6 is 0 Å². The summed E-state index contributed by atoms with van der Waals surface area (Å²) < 4.78 is 99.8. The Kier molecular flexibility index (Phi) is 8.76. The van der Waals surface area contributed by atoms with E-state index in [1.54, 1.807) is 13.8 Å². The number of amides is 1. The van der Waals surface area contributed by atoms with E-state index in [-0.39, 0.29) is 30.3 Å². The normalized spacial score (nSPS) is 15.7. The Bertz CT molecular complexity index is 1380. The van der Waals surface area contributed by atoms with Gasteiger partial charge >= 0.3 is 18.2 Å². The van der Waals surface area contributed by atoms with Gasteiger partial charge in [0.2, 0.25) is 5.60 Å². The quantitative estimate of drug-likeness (QED) is 0.386. The molecule has 0 bridgehead atoms. The molecule has 1 aliphatic rings. The Morgan fingerprint density at radius 2 is 1.93 bits per heavy atom. The van der Waals surface area contributed by atoms with Crippen molar-refractivity contribution >= 4 is 33.5 Å². The first kappa shape index (κ1) is 30.8. The number of sulfonamides is 1. The highest BCUT2D eigenvalue weighted by Crippen LogP contribution is 2.43. The topological polar surface area (TPSA) is 149 Å². The summed E-state index contributed by atoms with van der Waals surface area (Å²) in [6.45, 7) is 4.45. The van der Waals surface area contributed by atoms with E-state index in [1.165, 1.54) is 10.9 Å². The number of hydrogen-bond donors (Lipinski definition) is 2. The van der Waals surface area contributed by atoms with E-state index in [4.69, 9.17) is 14.6 Å². The van der Waals surface area contributed by atoms with Crippen LogP contribution in [0.15, 0.2) is 23.2 Å². The average Bonchev–Trinajstić information content (AvgIpc) is 3.25. The number of carbonyl (C=O) groups excluding carboxylic acids is 1. The molecule has 40 heavy (non-hydrogen) atoms. The van der Waals surface area contributed by atoms with Gasteiger partial charge in [-0.15, -0.1) is 5.10 Å². The first-order valence-corrected chi connectivity index (χ1v) is 13.5. The van der Waals surface area contributed by atoms with Gasteiger partial charge in [-0.2, -0.15) is 13.2 Å². The fraction of sp³-hybridized carbons (Fsp3) is 0.522. The molecule has 0 saturated heterocycles. The van der Waals surface area contributed by atoms with Crippen LogP contribution in [0.2, 0.25) is 0 Å². The molecule has 1 aromatic carbocycles. The fourth-order valence-electron chi connectivity index (χ4n) is 3.62. The van der Waals surface area contributed by atoms with E-state index >= 15 is 4.39 Å². The number of halogens is 4. The van der Waals surface area contributed by atoms with Gasteiger partial charge in [0.05, 0.1) is 18.8 Å². The van der Waals surface area contributed by atoms with E-state index in [2.05, 4.69) is 9.84 Å². The van der Waals surface area contributed by atoms with Crippen LogP contribution in [0, 0.1) is 5.82 Å². The first-order valence-electron chi connectivity index (χ1n) is 12.0. The average molecular weight is 597 g/mol. The molecule has 1 aliphatic heterocycles. The number of nitrogens with zero attached hydrogens (tertiary/aromatic N) is 3. The van der Waals surface area contributed by atoms with Gasteiger partial charge in [0.1, 0.15) is 6.10 Å². The number of carboxylic acid groups (broad SMARTS) is 1. The highest BCUT2D eigenvalue weighted by atomic mass is 32.2. The lowest BCUT2D eigenvalue weighted by Crippen LogP contribution is -2.44. The number of benzene rings is 1. The summed E-state index contributed by atoms with van der Waals surface area (Å²) in [5.41, 5.74) is -3.71. The van der Waals surface area contributed by atoms with E-state index in [1.807, 2.05) is 5.32 Å². The largest absolute Gasteiger partial charge is 0.483 e. The molecule has 0 radical (unpaired) electrons. The maximum Gasteiger partial charge on any atom is 0.427 e. The summed E-state index contributed by atoms with van der Waals surface area (Å²) >= 11 is 0. The van der Waals surface area contributed by atoms with Crippen LogP contribution in [0.4, 0.5) is 33.7 Å². The minimum Gasteiger partial charge on any atom is -0.483 e. The first-order chi connectivity index (χ1) is 18.5. The number of aromatic nitrogens is 2. The summed E-state index contributed by atoms with van der Waals surface area (Å²) in [5, 5.41) is 15.1. The van der Waals surface area contributed by atoms with Crippen LogP contribution in [0.25, 0.3) is 0 Å². The lowest BCUT2D eigenvalue weighted by Gasteiger charge is -2.35. The van der Waals surface area contributed by atoms with Crippen molar-refractivity contribution in [2.75, 3.05) is 22.8 Å². The van der Waals surface area contributed by atoms with E-state index in [0.717, 1.165) is 10.4 Å². The number of rotatable bonds is 10. The maximum absolute atomic E-state index is 15.2. The molecule has 0 spiro atoms. The van der Waals surface area contributed by atoms with Crippen LogP contribution in [0.3, 0.4) is 0 Å². The number of ether oxygens (including phenoxy) is 3. The Morgan fingerprint density at radius 3 is 2.50 bits per heavy atom. The number of anilines is 2. The number of nitrogens with one attached hydrogen (secondary N) is 1.